The fourth-order valence-electron chi connectivity index (χ4n) is 3.49. The van der Waals surface area contributed by atoms with E-state index < -0.39 is 5.97 Å². The van der Waals surface area contributed by atoms with E-state index in [-0.39, 0.29) is 18.7 Å². The number of rotatable bonds is 4. The lowest BCUT2D eigenvalue weighted by Gasteiger charge is -2.17. The highest BCUT2D eigenvalue weighted by Crippen LogP contribution is 2.35. The Morgan fingerprint density at radius 3 is 3.15 bits per heavy atom. The van der Waals surface area contributed by atoms with Crippen molar-refractivity contribution in [3.63, 3.8) is 0 Å². The highest BCUT2D eigenvalue weighted by molar-refractivity contribution is 7.18. The zero-order valence-corrected chi connectivity index (χ0v) is 15.6. The zero-order valence-electron chi connectivity index (χ0n) is 14.8. The molecule has 3 aromatic heterocycles. The van der Waals surface area contributed by atoms with Gasteiger partial charge in [-0.05, 0) is 43.7 Å². The Balaban J connectivity index is 1.73. The largest absolute Gasteiger partial charge is 0.467 e. The van der Waals surface area contributed by atoms with Gasteiger partial charge in [-0.3, -0.25) is 9.36 Å². The number of carbonyl (C=O) groups excluding carboxylic acids is 1. The van der Waals surface area contributed by atoms with Gasteiger partial charge in [-0.15, -0.1) is 11.3 Å². The molecule has 7 heteroatoms. The Hall–Kier alpha value is -2.41. The van der Waals surface area contributed by atoms with Gasteiger partial charge in [0.05, 0.1) is 31.1 Å². The summed E-state index contributed by atoms with van der Waals surface area (Å²) in [6.45, 7) is 4.44. The fourth-order valence-corrected chi connectivity index (χ4v) is 4.83. The van der Waals surface area contributed by atoms with Gasteiger partial charge >= 0.3 is 5.97 Å². The zero-order chi connectivity index (χ0) is 18.3. The number of furan rings is 1. The van der Waals surface area contributed by atoms with E-state index in [2.05, 4.69) is 11.9 Å². The first-order valence-corrected chi connectivity index (χ1v) is 9.63. The van der Waals surface area contributed by atoms with Crippen LogP contribution in [0.5, 0.6) is 0 Å². The second-order valence-electron chi connectivity index (χ2n) is 6.69. The van der Waals surface area contributed by atoms with Crippen molar-refractivity contribution in [2.24, 2.45) is 5.92 Å². The average molecular weight is 372 g/mol. The van der Waals surface area contributed by atoms with Crippen LogP contribution in [-0.2, 0) is 24.1 Å². The summed E-state index contributed by atoms with van der Waals surface area (Å²) in [5, 5.41) is 0.726. The standard InChI is InChI=1S/C19H20N2O4S/c1-3-24-19(23)12-6-7-25-14(12)9-21-10-20-17-16(18(21)22)13-5-4-11(2)8-15(13)26-17/h6-7,10-11H,3-5,8-9H2,1-2H3. The van der Waals surface area contributed by atoms with E-state index in [4.69, 9.17) is 9.15 Å². The Morgan fingerprint density at radius 1 is 1.50 bits per heavy atom. The minimum absolute atomic E-state index is 0.0757. The Labute approximate surface area is 154 Å². The molecular weight excluding hydrogens is 352 g/mol. The Bertz CT molecular complexity index is 1030. The van der Waals surface area contributed by atoms with Crippen molar-refractivity contribution in [1.29, 1.82) is 0 Å². The molecule has 0 fully saturated rings. The molecule has 136 valence electrons. The lowest BCUT2D eigenvalue weighted by Crippen LogP contribution is -2.22. The van der Waals surface area contributed by atoms with E-state index in [1.807, 2.05) is 0 Å². The van der Waals surface area contributed by atoms with E-state index in [0.29, 0.717) is 17.2 Å². The first-order valence-electron chi connectivity index (χ1n) is 8.81. The second-order valence-corrected chi connectivity index (χ2v) is 7.77. The molecule has 0 radical (unpaired) electrons. The number of aryl methyl sites for hydroxylation is 1. The molecule has 0 N–H and O–H groups in total. The molecular formula is C19H20N2O4S. The van der Waals surface area contributed by atoms with Crippen LogP contribution in [0.4, 0.5) is 0 Å². The first kappa shape index (κ1) is 17.0. The third-order valence-corrected chi connectivity index (χ3v) is 6.00. The summed E-state index contributed by atoms with van der Waals surface area (Å²) in [4.78, 5) is 31.6. The van der Waals surface area contributed by atoms with Crippen molar-refractivity contribution in [1.82, 2.24) is 9.55 Å². The first-order chi connectivity index (χ1) is 12.6. The van der Waals surface area contributed by atoms with Crippen molar-refractivity contribution in [3.8, 4) is 0 Å². The summed E-state index contributed by atoms with van der Waals surface area (Å²) in [5.74, 6) is 0.609. The van der Waals surface area contributed by atoms with Crippen LogP contribution >= 0.6 is 11.3 Å². The van der Waals surface area contributed by atoms with Gasteiger partial charge in [-0.1, -0.05) is 6.92 Å². The maximum Gasteiger partial charge on any atom is 0.341 e. The van der Waals surface area contributed by atoms with Crippen LogP contribution in [0, 0.1) is 5.92 Å². The van der Waals surface area contributed by atoms with Crippen molar-refractivity contribution < 1.29 is 13.9 Å². The van der Waals surface area contributed by atoms with E-state index in [0.717, 1.165) is 35.0 Å². The molecule has 1 aliphatic rings. The smallest absolute Gasteiger partial charge is 0.341 e. The number of hydrogen-bond donors (Lipinski definition) is 0. The molecule has 0 aromatic carbocycles. The van der Waals surface area contributed by atoms with Crippen LogP contribution in [0.25, 0.3) is 10.2 Å². The lowest BCUT2D eigenvalue weighted by molar-refractivity contribution is 0.0523. The van der Waals surface area contributed by atoms with Crippen molar-refractivity contribution in [3.05, 3.63) is 50.8 Å². The molecule has 4 rings (SSSR count). The van der Waals surface area contributed by atoms with Crippen molar-refractivity contribution in [2.45, 2.75) is 39.7 Å². The Kier molecular flexibility index (Phi) is 4.40. The quantitative estimate of drug-likeness (QED) is 0.656. The monoisotopic (exact) mass is 372 g/mol. The minimum Gasteiger partial charge on any atom is -0.467 e. The summed E-state index contributed by atoms with van der Waals surface area (Å²) in [7, 11) is 0. The van der Waals surface area contributed by atoms with Gasteiger partial charge in [0.1, 0.15) is 16.2 Å². The van der Waals surface area contributed by atoms with Gasteiger partial charge in [0.15, 0.2) is 0 Å². The van der Waals surface area contributed by atoms with Gasteiger partial charge in [-0.25, -0.2) is 9.78 Å². The third-order valence-electron chi connectivity index (χ3n) is 4.84. The van der Waals surface area contributed by atoms with Gasteiger partial charge in [0.2, 0.25) is 0 Å². The van der Waals surface area contributed by atoms with Crippen molar-refractivity contribution >= 4 is 27.5 Å². The number of carbonyl (C=O) groups is 1. The number of hydrogen-bond acceptors (Lipinski definition) is 6. The van der Waals surface area contributed by atoms with Gasteiger partial charge in [0, 0.05) is 4.88 Å². The van der Waals surface area contributed by atoms with Gasteiger partial charge in [0.25, 0.3) is 5.56 Å². The normalized spacial score (nSPS) is 16.6. The molecule has 26 heavy (non-hydrogen) atoms. The average Bonchev–Trinajstić information content (AvgIpc) is 3.21. The number of esters is 1. The molecule has 0 amide bonds. The summed E-state index contributed by atoms with van der Waals surface area (Å²) >= 11 is 1.63. The Morgan fingerprint density at radius 2 is 2.35 bits per heavy atom. The predicted octanol–water partition coefficient (Wildman–Crippen LogP) is 3.40. The minimum atomic E-state index is -0.444. The summed E-state index contributed by atoms with van der Waals surface area (Å²) in [5.41, 5.74) is 1.42. The highest BCUT2D eigenvalue weighted by atomic mass is 32.1. The number of fused-ring (bicyclic) bond motifs is 3. The van der Waals surface area contributed by atoms with Crippen LogP contribution in [-0.4, -0.2) is 22.1 Å². The number of nitrogens with zero attached hydrogens (tertiary/aromatic N) is 2. The van der Waals surface area contributed by atoms with Crippen LogP contribution in [0.3, 0.4) is 0 Å². The summed E-state index contributed by atoms with van der Waals surface area (Å²) in [6.07, 6.45) is 6.01. The van der Waals surface area contributed by atoms with Crippen LogP contribution in [0.1, 0.15) is 46.8 Å². The molecule has 0 aliphatic heterocycles. The molecule has 0 bridgehead atoms. The predicted molar refractivity (Wildman–Crippen MR) is 98.8 cm³/mol. The van der Waals surface area contributed by atoms with Crippen LogP contribution in [0.15, 0.2) is 27.9 Å². The molecule has 0 saturated carbocycles. The molecule has 3 heterocycles. The summed E-state index contributed by atoms with van der Waals surface area (Å²) in [6, 6.07) is 1.57. The molecule has 6 nitrogen and oxygen atoms in total. The molecule has 3 aromatic rings. The summed E-state index contributed by atoms with van der Waals surface area (Å²) < 4.78 is 12.0. The van der Waals surface area contributed by atoms with Crippen LogP contribution < -0.4 is 5.56 Å². The molecule has 1 unspecified atom stereocenters. The van der Waals surface area contributed by atoms with E-state index in [9.17, 15) is 9.59 Å². The molecule has 1 aliphatic carbocycles. The number of aromatic nitrogens is 2. The topological polar surface area (TPSA) is 74.3 Å². The van der Waals surface area contributed by atoms with E-state index in [1.54, 1.807) is 24.3 Å². The van der Waals surface area contributed by atoms with Gasteiger partial charge < -0.3 is 9.15 Å². The van der Waals surface area contributed by atoms with Crippen molar-refractivity contribution in [2.75, 3.05) is 6.61 Å². The van der Waals surface area contributed by atoms with E-state index >= 15 is 0 Å². The SMILES string of the molecule is CCOC(=O)c1ccoc1Cn1cnc2sc3c(c2c1=O)CCC(C)C3. The maximum atomic E-state index is 13.0. The van der Waals surface area contributed by atoms with Crippen LogP contribution in [0.2, 0.25) is 0 Å². The molecule has 0 saturated heterocycles. The highest BCUT2D eigenvalue weighted by Gasteiger charge is 2.24. The fraction of sp³-hybridized carbons (Fsp3) is 0.421. The van der Waals surface area contributed by atoms with E-state index in [1.165, 1.54) is 22.0 Å². The number of ether oxygens (including phenoxy) is 1. The molecule has 0 spiro atoms. The van der Waals surface area contributed by atoms with Gasteiger partial charge in [-0.2, -0.15) is 0 Å². The lowest BCUT2D eigenvalue weighted by atomic mass is 9.89. The maximum absolute atomic E-state index is 13.0. The molecule has 1 atom stereocenters. The number of thiophene rings is 1. The third kappa shape index (κ3) is 2.86. The second kappa shape index (κ2) is 6.72.